The quantitative estimate of drug-likeness (QED) is 0.443. The van der Waals surface area contributed by atoms with Gasteiger partial charge in [0, 0.05) is 23.7 Å². The molecular weight excluding hydrogens is 350 g/mol. The molecule has 0 saturated heterocycles. The lowest BCUT2D eigenvalue weighted by Crippen LogP contribution is -2.31. The van der Waals surface area contributed by atoms with E-state index in [1.54, 1.807) is 6.08 Å². The first-order chi connectivity index (χ1) is 12.6. The van der Waals surface area contributed by atoms with E-state index in [-0.39, 0.29) is 23.8 Å². The standard InChI is InChI=1S/C19H21N3O3S/c1-3-9-25-14-8-6-5-7-12(14)13-11-15(23)20-17-16(13)18(24)22-19(21-17)26-10-4-2/h4-8,13H,2-3,9-11H2,1H3,(H2,20,21,22,23,24). The predicted octanol–water partition coefficient (Wildman–Crippen LogP) is 3.31. The van der Waals surface area contributed by atoms with Gasteiger partial charge in [0.05, 0.1) is 12.2 Å². The van der Waals surface area contributed by atoms with Crippen LogP contribution in [0.1, 0.15) is 36.8 Å². The fraction of sp³-hybridized carbons (Fsp3) is 0.316. The van der Waals surface area contributed by atoms with Crippen molar-refractivity contribution in [3.63, 3.8) is 0 Å². The third-order valence-corrected chi connectivity index (χ3v) is 4.89. The topological polar surface area (TPSA) is 84.1 Å². The Balaban J connectivity index is 2.05. The highest BCUT2D eigenvalue weighted by Crippen LogP contribution is 2.38. The number of para-hydroxylation sites is 1. The van der Waals surface area contributed by atoms with Crippen LogP contribution in [0.4, 0.5) is 5.82 Å². The summed E-state index contributed by atoms with van der Waals surface area (Å²) in [6, 6.07) is 7.54. The molecule has 0 aliphatic carbocycles. The Labute approximate surface area is 156 Å². The molecule has 7 heteroatoms. The zero-order chi connectivity index (χ0) is 18.5. The summed E-state index contributed by atoms with van der Waals surface area (Å²) in [5.74, 6) is 1.09. The van der Waals surface area contributed by atoms with Crippen molar-refractivity contribution in [3.8, 4) is 5.75 Å². The molecule has 0 saturated carbocycles. The summed E-state index contributed by atoms with van der Waals surface area (Å²) >= 11 is 1.36. The van der Waals surface area contributed by atoms with E-state index in [1.165, 1.54) is 11.8 Å². The number of hydrogen-bond donors (Lipinski definition) is 2. The molecule has 1 aromatic carbocycles. The molecule has 26 heavy (non-hydrogen) atoms. The van der Waals surface area contributed by atoms with E-state index >= 15 is 0 Å². The molecule has 0 radical (unpaired) electrons. The first kappa shape index (κ1) is 18.3. The van der Waals surface area contributed by atoms with Crippen molar-refractivity contribution < 1.29 is 9.53 Å². The van der Waals surface area contributed by atoms with Gasteiger partial charge in [-0.3, -0.25) is 9.59 Å². The van der Waals surface area contributed by atoms with E-state index in [0.717, 1.165) is 12.0 Å². The fourth-order valence-corrected chi connectivity index (χ4v) is 3.53. The van der Waals surface area contributed by atoms with E-state index in [2.05, 4.69) is 21.9 Å². The van der Waals surface area contributed by atoms with Crippen molar-refractivity contribution in [2.75, 3.05) is 17.7 Å². The maximum absolute atomic E-state index is 12.7. The number of aromatic amines is 1. The number of nitrogens with one attached hydrogen (secondary N) is 2. The van der Waals surface area contributed by atoms with Gasteiger partial charge in [-0.05, 0) is 12.5 Å². The van der Waals surface area contributed by atoms with Crippen molar-refractivity contribution >= 4 is 23.5 Å². The van der Waals surface area contributed by atoms with E-state index in [1.807, 2.05) is 31.2 Å². The van der Waals surface area contributed by atoms with Crippen LogP contribution < -0.4 is 15.6 Å². The van der Waals surface area contributed by atoms with E-state index in [4.69, 9.17) is 4.74 Å². The van der Waals surface area contributed by atoms with Crippen molar-refractivity contribution in [3.05, 3.63) is 58.4 Å². The number of fused-ring (bicyclic) bond motifs is 1. The molecule has 1 aliphatic rings. The van der Waals surface area contributed by atoms with Crippen molar-refractivity contribution in [1.29, 1.82) is 0 Å². The van der Waals surface area contributed by atoms with Crippen LogP contribution in [0.2, 0.25) is 0 Å². The van der Waals surface area contributed by atoms with Crippen LogP contribution in [0.3, 0.4) is 0 Å². The van der Waals surface area contributed by atoms with Crippen molar-refractivity contribution in [2.24, 2.45) is 0 Å². The Kier molecular flexibility index (Phi) is 5.78. The maximum atomic E-state index is 12.7. The predicted molar refractivity (Wildman–Crippen MR) is 103 cm³/mol. The molecule has 1 aliphatic heterocycles. The molecule has 1 atom stereocenters. The molecule has 1 unspecified atom stereocenters. The van der Waals surface area contributed by atoms with Gasteiger partial charge in [0.1, 0.15) is 11.6 Å². The number of H-pyrrole nitrogens is 1. The van der Waals surface area contributed by atoms with Crippen molar-refractivity contribution in [2.45, 2.75) is 30.8 Å². The molecule has 2 heterocycles. The van der Waals surface area contributed by atoms with Gasteiger partial charge < -0.3 is 15.0 Å². The van der Waals surface area contributed by atoms with Crippen LogP contribution in [-0.4, -0.2) is 28.2 Å². The second-order valence-corrected chi connectivity index (χ2v) is 6.93. The number of rotatable bonds is 7. The molecule has 3 rings (SSSR count). The van der Waals surface area contributed by atoms with Gasteiger partial charge in [0.15, 0.2) is 5.16 Å². The minimum atomic E-state index is -0.387. The zero-order valence-corrected chi connectivity index (χ0v) is 15.4. The smallest absolute Gasteiger partial charge is 0.257 e. The van der Waals surface area contributed by atoms with E-state index in [9.17, 15) is 9.59 Å². The number of ether oxygens (including phenoxy) is 1. The molecule has 0 fully saturated rings. The second-order valence-electron chi connectivity index (χ2n) is 5.92. The number of thioether (sulfide) groups is 1. The normalized spacial score (nSPS) is 15.9. The SMILES string of the molecule is C=CCSc1nc2c(c(=O)[nH]1)C(c1ccccc1OCCC)CC(=O)N2. The fourth-order valence-electron chi connectivity index (χ4n) is 2.93. The van der Waals surface area contributed by atoms with Crippen LogP contribution >= 0.6 is 11.8 Å². The van der Waals surface area contributed by atoms with Crippen LogP contribution in [0.25, 0.3) is 0 Å². The van der Waals surface area contributed by atoms with Gasteiger partial charge in [0.25, 0.3) is 5.56 Å². The highest BCUT2D eigenvalue weighted by molar-refractivity contribution is 7.99. The third-order valence-electron chi connectivity index (χ3n) is 4.02. The summed E-state index contributed by atoms with van der Waals surface area (Å²) in [7, 11) is 0. The van der Waals surface area contributed by atoms with Gasteiger partial charge in [-0.25, -0.2) is 4.98 Å². The number of amides is 1. The Morgan fingerprint density at radius 2 is 2.19 bits per heavy atom. The highest BCUT2D eigenvalue weighted by atomic mass is 32.2. The van der Waals surface area contributed by atoms with Crippen molar-refractivity contribution in [1.82, 2.24) is 9.97 Å². The first-order valence-electron chi connectivity index (χ1n) is 8.53. The minimum Gasteiger partial charge on any atom is -0.493 e. The summed E-state index contributed by atoms with van der Waals surface area (Å²) in [5, 5.41) is 3.19. The number of hydrogen-bond acceptors (Lipinski definition) is 5. The lowest BCUT2D eigenvalue weighted by Gasteiger charge is -2.26. The number of carbonyl (C=O) groups is 1. The molecular formula is C19H21N3O3S. The summed E-state index contributed by atoms with van der Waals surface area (Å²) in [6.07, 6.45) is 2.79. The number of anilines is 1. The van der Waals surface area contributed by atoms with Gasteiger partial charge in [-0.2, -0.15) is 0 Å². The minimum absolute atomic E-state index is 0.162. The van der Waals surface area contributed by atoms with E-state index in [0.29, 0.717) is 34.6 Å². The van der Waals surface area contributed by atoms with Crippen LogP contribution in [0.15, 0.2) is 46.9 Å². The van der Waals surface area contributed by atoms with E-state index < -0.39 is 0 Å². The van der Waals surface area contributed by atoms with Gasteiger partial charge in [-0.15, -0.1) is 6.58 Å². The number of aromatic nitrogens is 2. The Morgan fingerprint density at radius 1 is 1.38 bits per heavy atom. The largest absolute Gasteiger partial charge is 0.493 e. The molecule has 6 nitrogen and oxygen atoms in total. The molecule has 0 spiro atoms. The summed E-state index contributed by atoms with van der Waals surface area (Å²) in [6.45, 7) is 6.27. The number of carbonyl (C=O) groups excluding carboxylic acids is 1. The molecule has 0 bridgehead atoms. The van der Waals surface area contributed by atoms with Gasteiger partial charge in [0.2, 0.25) is 5.91 Å². The lowest BCUT2D eigenvalue weighted by atomic mass is 9.86. The second kappa shape index (κ2) is 8.23. The Bertz CT molecular complexity index is 879. The van der Waals surface area contributed by atoms with Gasteiger partial charge in [-0.1, -0.05) is 43.0 Å². The molecule has 136 valence electrons. The average Bonchev–Trinajstić information content (AvgIpc) is 2.64. The average molecular weight is 371 g/mol. The van der Waals surface area contributed by atoms with Crippen LogP contribution in [0, 0.1) is 0 Å². The monoisotopic (exact) mass is 371 g/mol. The highest BCUT2D eigenvalue weighted by Gasteiger charge is 2.32. The first-order valence-corrected chi connectivity index (χ1v) is 9.52. The third kappa shape index (κ3) is 3.83. The van der Waals surface area contributed by atoms with Crippen LogP contribution in [0.5, 0.6) is 5.75 Å². The Hall–Kier alpha value is -2.54. The molecule has 1 amide bonds. The molecule has 1 aromatic heterocycles. The molecule has 2 N–H and O–H groups in total. The lowest BCUT2D eigenvalue weighted by molar-refractivity contribution is -0.116. The maximum Gasteiger partial charge on any atom is 0.257 e. The zero-order valence-electron chi connectivity index (χ0n) is 14.6. The van der Waals surface area contributed by atoms with Gasteiger partial charge >= 0.3 is 0 Å². The Morgan fingerprint density at radius 3 is 2.96 bits per heavy atom. The molecule has 2 aromatic rings. The number of nitrogens with zero attached hydrogens (tertiary/aromatic N) is 1. The number of benzene rings is 1. The summed E-state index contributed by atoms with van der Waals surface area (Å²) in [5.41, 5.74) is 1.06. The van der Waals surface area contributed by atoms with Crippen LogP contribution in [-0.2, 0) is 4.79 Å². The summed E-state index contributed by atoms with van der Waals surface area (Å²) < 4.78 is 5.83. The summed E-state index contributed by atoms with van der Waals surface area (Å²) in [4.78, 5) is 32.2.